The maximum Gasteiger partial charge on any atom is 0.253 e. The maximum absolute atomic E-state index is 13.8. The second-order valence-electron chi connectivity index (χ2n) is 12.5. The van der Waals surface area contributed by atoms with Crippen LogP contribution in [-0.2, 0) is 33.9 Å². The lowest BCUT2D eigenvalue weighted by Crippen LogP contribution is -2.50. The standard InChI is InChI=1S/C34H43N11O4/c1-23(2)31-32-37-24(3)40-45(32)21-30(47)35-16-8-18-43(34(49)27-14-12-26(13-15-27)20-44-22-36-41-42-44)17-7-11-29(46)38-28(33(48)39-31)19-25-9-5-4-6-10-25/h4-6,9-10,12-15,22-23,28,31H,7-8,11,16-21H2,1-3H3,(H,35,47)(H,38,46)(H,39,48)/t28-,31+/m1/s1. The van der Waals surface area contributed by atoms with E-state index < -0.39 is 12.1 Å². The zero-order valence-corrected chi connectivity index (χ0v) is 28.1. The van der Waals surface area contributed by atoms with Crippen LogP contribution in [0, 0.1) is 12.8 Å². The summed E-state index contributed by atoms with van der Waals surface area (Å²) in [4.78, 5) is 60.1. The lowest BCUT2D eigenvalue weighted by Gasteiger charge is -2.26. The Morgan fingerprint density at radius 1 is 0.939 bits per heavy atom. The van der Waals surface area contributed by atoms with Crippen LogP contribution in [0.15, 0.2) is 60.9 Å². The van der Waals surface area contributed by atoms with E-state index >= 15 is 0 Å². The number of tetrazole rings is 1. The highest BCUT2D eigenvalue weighted by Gasteiger charge is 2.30. The zero-order valence-electron chi connectivity index (χ0n) is 28.1. The molecule has 0 bridgehead atoms. The number of aryl methyl sites for hydroxylation is 1. The van der Waals surface area contributed by atoms with Gasteiger partial charge in [-0.05, 0) is 59.4 Å². The van der Waals surface area contributed by atoms with Crippen LogP contribution in [0.2, 0.25) is 0 Å². The fourth-order valence-electron chi connectivity index (χ4n) is 5.74. The molecule has 4 aromatic rings. The summed E-state index contributed by atoms with van der Waals surface area (Å²) in [5.41, 5.74) is 2.33. The van der Waals surface area contributed by atoms with Crippen molar-refractivity contribution >= 4 is 23.6 Å². The molecule has 2 aromatic heterocycles. The Morgan fingerprint density at radius 2 is 1.69 bits per heavy atom. The van der Waals surface area contributed by atoms with Crippen molar-refractivity contribution in [1.82, 2.24) is 55.8 Å². The van der Waals surface area contributed by atoms with Crippen LogP contribution in [0.25, 0.3) is 0 Å². The van der Waals surface area contributed by atoms with Gasteiger partial charge in [-0.3, -0.25) is 19.2 Å². The Kier molecular flexibility index (Phi) is 11.8. The summed E-state index contributed by atoms with van der Waals surface area (Å²) in [7, 11) is 0. The van der Waals surface area contributed by atoms with E-state index in [-0.39, 0.29) is 48.9 Å². The van der Waals surface area contributed by atoms with Gasteiger partial charge in [0.2, 0.25) is 17.7 Å². The van der Waals surface area contributed by atoms with Crippen molar-refractivity contribution < 1.29 is 19.2 Å². The number of carbonyl (C=O) groups is 4. The van der Waals surface area contributed by atoms with Gasteiger partial charge in [-0.2, -0.15) is 5.10 Å². The topological polar surface area (TPSA) is 182 Å². The first-order valence-electron chi connectivity index (χ1n) is 16.6. The van der Waals surface area contributed by atoms with E-state index in [1.807, 2.05) is 56.3 Å². The summed E-state index contributed by atoms with van der Waals surface area (Å²) >= 11 is 0. The SMILES string of the molecule is Cc1nc2n(n1)CC(=O)NCCCN(C(=O)c1ccc(Cn3cnnn3)cc1)CCCC(=O)N[C@H](Cc1ccccc1)C(=O)N[C@H]2C(C)C. The highest BCUT2D eigenvalue weighted by Crippen LogP contribution is 2.21. The summed E-state index contributed by atoms with van der Waals surface area (Å²) in [6.45, 7) is 7.05. The number of aromatic nitrogens is 7. The van der Waals surface area contributed by atoms with Gasteiger partial charge in [0, 0.05) is 38.0 Å². The fraction of sp³-hybridized carbons (Fsp3) is 0.441. The molecule has 49 heavy (non-hydrogen) atoms. The first-order chi connectivity index (χ1) is 23.7. The number of hydrogen-bond acceptors (Lipinski definition) is 9. The monoisotopic (exact) mass is 669 g/mol. The van der Waals surface area contributed by atoms with E-state index in [1.165, 1.54) is 11.0 Å². The third-order valence-electron chi connectivity index (χ3n) is 8.26. The van der Waals surface area contributed by atoms with E-state index in [0.717, 1.165) is 11.1 Å². The van der Waals surface area contributed by atoms with Crippen LogP contribution in [0.5, 0.6) is 0 Å². The molecule has 0 unspecified atom stereocenters. The van der Waals surface area contributed by atoms with Crippen molar-refractivity contribution in [2.24, 2.45) is 5.92 Å². The van der Waals surface area contributed by atoms with Crippen molar-refractivity contribution in [2.45, 2.75) is 71.6 Å². The number of benzene rings is 2. The minimum atomic E-state index is -0.861. The zero-order chi connectivity index (χ0) is 34.8. The smallest absolute Gasteiger partial charge is 0.253 e. The van der Waals surface area contributed by atoms with Crippen LogP contribution in [-0.4, -0.2) is 89.2 Å². The van der Waals surface area contributed by atoms with E-state index in [2.05, 4.69) is 41.6 Å². The molecule has 0 fully saturated rings. The molecule has 15 nitrogen and oxygen atoms in total. The van der Waals surface area contributed by atoms with Crippen LogP contribution in [0.4, 0.5) is 0 Å². The predicted molar refractivity (Wildman–Crippen MR) is 179 cm³/mol. The van der Waals surface area contributed by atoms with Gasteiger partial charge < -0.3 is 20.9 Å². The number of nitrogens with one attached hydrogen (secondary N) is 3. The van der Waals surface area contributed by atoms with Gasteiger partial charge in [0.05, 0.1) is 12.6 Å². The van der Waals surface area contributed by atoms with E-state index in [4.69, 9.17) is 0 Å². The molecule has 0 saturated carbocycles. The van der Waals surface area contributed by atoms with Gasteiger partial charge in [-0.1, -0.05) is 56.3 Å². The summed E-state index contributed by atoms with van der Waals surface area (Å²) in [6, 6.07) is 15.3. The van der Waals surface area contributed by atoms with Gasteiger partial charge in [0.25, 0.3) is 5.91 Å². The highest BCUT2D eigenvalue weighted by molar-refractivity contribution is 5.94. The molecular formula is C34H43N11O4. The molecule has 4 amide bonds. The molecule has 0 saturated heterocycles. The normalized spacial score (nSPS) is 18.5. The largest absolute Gasteiger partial charge is 0.354 e. The number of nitrogens with zero attached hydrogens (tertiary/aromatic N) is 8. The molecule has 1 aliphatic rings. The molecule has 5 rings (SSSR count). The molecule has 15 heteroatoms. The Labute approximate surface area is 284 Å². The average molecular weight is 670 g/mol. The van der Waals surface area contributed by atoms with Crippen LogP contribution in [0.3, 0.4) is 0 Å². The van der Waals surface area contributed by atoms with Gasteiger partial charge in [-0.25, -0.2) is 14.3 Å². The molecule has 0 aliphatic carbocycles. The average Bonchev–Trinajstić information content (AvgIpc) is 3.73. The van der Waals surface area contributed by atoms with Crippen molar-refractivity contribution in [3.05, 3.63) is 89.3 Å². The van der Waals surface area contributed by atoms with Crippen molar-refractivity contribution in [1.29, 1.82) is 0 Å². The van der Waals surface area contributed by atoms with Gasteiger partial charge in [-0.15, -0.1) is 5.10 Å². The van der Waals surface area contributed by atoms with Crippen LogP contribution in [0.1, 0.15) is 72.3 Å². The second kappa shape index (κ2) is 16.6. The number of rotatable bonds is 6. The maximum atomic E-state index is 13.8. The van der Waals surface area contributed by atoms with Gasteiger partial charge in [0.15, 0.2) is 5.82 Å². The second-order valence-corrected chi connectivity index (χ2v) is 12.5. The molecular weight excluding hydrogens is 626 g/mol. The van der Waals surface area contributed by atoms with E-state index in [0.29, 0.717) is 56.2 Å². The fourth-order valence-corrected chi connectivity index (χ4v) is 5.74. The van der Waals surface area contributed by atoms with E-state index in [1.54, 1.807) is 28.6 Å². The summed E-state index contributed by atoms with van der Waals surface area (Å²) < 4.78 is 3.11. The van der Waals surface area contributed by atoms with Gasteiger partial charge in [0.1, 0.15) is 24.7 Å². The highest BCUT2D eigenvalue weighted by atomic mass is 16.2. The summed E-state index contributed by atoms with van der Waals surface area (Å²) in [5.74, 6) is -0.245. The molecule has 2 atom stereocenters. The van der Waals surface area contributed by atoms with Crippen molar-refractivity contribution in [3.8, 4) is 0 Å². The number of fused-ring (bicyclic) bond motifs is 1. The van der Waals surface area contributed by atoms with Crippen molar-refractivity contribution in [3.63, 3.8) is 0 Å². The minimum absolute atomic E-state index is 0.0842. The summed E-state index contributed by atoms with van der Waals surface area (Å²) in [6.07, 6.45) is 2.81. The molecule has 1 aliphatic heterocycles. The molecule has 3 N–H and O–H groups in total. The number of carbonyl (C=O) groups excluding carboxylic acids is 4. The van der Waals surface area contributed by atoms with E-state index in [9.17, 15) is 19.2 Å². The number of hydrogen-bond donors (Lipinski definition) is 3. The van der Waals surface area contributed by atoms with Crippen molar-refractivity contribution in [2.75, 3.05) is 19.6 Å². The molecule has 0 spiro atoms. The molecule has 258 valence electrons. The van der Waals surface area contributed by atoms with Crippen LogP contribution < -0.4 is 16.0 Å². The lowest BCUT2D eigenvalue weighted by molar-refractivity contribution is -0.129. The Balaban J connectivity index is 1.35. The van der Waals surface area contributed by atoms with Crippen LogP contribution >= 0.6 is 0 Å². The first kappa shape index (κ1) is 34.9. The predicted octanol–water partition coefficient (Wildman–Crippen LogP) is 1.60. The Morgan fingerprint density at radius 3 is 2.41 bits per heavy atom. The number of amides is 4. The molecule has 0 radical (unpaired) electrons. The quantitative estimate of drug-likeness (QED) is 0.275. The summed E-state index contributed by atoms with van der Waals surface area (Å²) in [5, 5.41) is 24.6. The van der Waals surface area contributed by atoms with Gasteiger partial charge >= 0.3 is 0 Å². The molecule has 3 heterocycles. The lowest BCUT2D eigenvalue weighted by atomic mass is 10.0. The molecule has 2 aromatic carbocycles. The third-order valence-corrected chi connectivity index (χ3v) is 8.26. The third kappa shape index (κ3) is 9.78. The Hall–Kier alpha value is -5.47. The minimum Gasteiger partial charge on any atom is -0.354 e. The Bertz CT molecular complexity index is 1710. The first-order valence-corrected chi connectivity index (χ1v) is 16.6.